The van der Waals surface area contributed by atoms with Gasteiger partial charge in [0.1, 0.15) is 0 Å². The number of aliphatic hydroxyl groups excluding tert-OH is 1. The highest BCUT2D eigenvalue weighted by molar-refractivity contribution is 4.87. The minimum atomic E-state index is -0.0942. The first kappa shape index (κ1) is 18.9. The van der Waals surface area contributed by atoms with E-state index in [0.717, 1.165) is 25.8 Å². The van der Waals surface area contributed by atoms with Crippen molar-refractivity contribution in [3.05, 3.63) is 0 Å². The van der Waals surface area contributed by atoms with Crippen LogP contribution in [0.1, 0.15) is 67.2 Å². The molecule has 0 fully saturated rings. The van der Waals surface area contributed by atoms with Crippen LogP contribution in [-0.4, -0.2) is 47.3 Å². The van der Waals surface area contributed by atoms with Crippen LogP contribution in [0.5, 0.6) is 0 Å². The van der Waals surface area contributed by atoms with Crippen LogP contribution in [0.3, 0.4) is 0 Å². The molecule has 19 heavy (non-hydrogen) atoms. The molecule has 116 valence electrons. The third-order valence-electron chi connectivity index (χ3n) is 3.92. The van der Waals surface area contributed by atoms with Crippen molar-refractivity contribution in [2.45, 2.75) is 84.8 Å². The highest BCUT2D eigenvalue weighted by Gasteiger charge is 2.27. The Morgan fingerprint density at radius 1 is 1.11 bits per heavy atom. The van der Waals surface area contributed by atoms with Gasteiger partial charge in [-0.25, -0.2) is 0 Å². The highest BCUT2D eigenvalue weighted by Crippen LogP contribution is 2.19. The largest absolute Gasteiger partial charge is 0.394 e. The van der Waals surface area contributed by atoms with E-state index in [1.165, 1.54) is 13.0 Å². The molecule has 3 heteroatoms. The van der Waals surface area contributed by atoms with E-state index in [2.05, 4.69) is 51.8 Å². The number of aliphatic hydroxyl groups is 1. The molecule has 0 spiro atoms. The monoisotopic (exact) mass is 272 g/mol. The van der Waals surface area contributed by atoms with E-state index < -0.39 is 0 Å². The first-order valence-electron chi connectivity index (χ1n) is 8.03. The van der Waals surface area contributed by atoms with E-state index in [-0.39, 0.29) is 12.1 Å². The molecule has 0 saturated carbocycles. The maximum absolute atomic E-state index is 9.73. The summed E-state index contributed by atoms with van der Waals surface area (Å²) in [5, 5.41) is 13.3. The molecule has 0 aliphatic carbocycles. The summed E-state index contributed by atoms with van der Waals surface area (Å²) < 4.78 is 0. The van der Waals surface area contributed by atoms with Gasteiger partial charge in [0, 0.05) is 17.6 Å². The normalized spacial score (nSPS) is 15.5. The highest BCUT2D eigenvalue weighted by atomic mass is 16.3. The Labute approximate surface area is 120 Å². The zero-order valence-corrected chi connectivity index (χ0v) is 14.0. The van der Waals surface area contributed by atoms with Crippen LogP contribution in [0.15, 0.2) is 0 Å². The summed E-state index contributed by atoms with van der Waals surface area (Å²) in [6, 6.07) is 1.03. The Bertz CT molecular complexity index is 213. The smallest absolute Gasteiger partial charge is 0.0613 e. The number of nitrogens with zero attached hydrogens (tertiary/aromatic N) is 1. The van der Waals surface area contributed by atoms with Gasteiger partial charge in [0.05, 0.1) is 6.61 Å². The van der Waals surface area contributed by atoms with Crippen molar-refractivity contribution in [1.82, 2.24) is 10.2 Å². The lowest BCUT2D eigenvalue weighted by atomic mass is 9.90. The van der Waals surface area contributed by atoms with Gasteiger partial charge in [0.15, 0.2) is 0 Å². The lowest BCUT2D eigenvalue weighted by molar-refractivity contribution is 0.126. The van der Waals surface area contributed by atoms with Crippen LogP contribution in [0, 0.1) is 0 Å². The molecule has 0 amide bonds. The Morgan fingerprint density at radius 3 is 2.11 bits per heavy atom. The van der Waals surface area contributed by atoms with E-state index >= 15 is 0 Å². The Balaban J connectivity index is 4.31. The summed E-state index contributed by atoms with van der Waals surface area (Å²) in [7, 11) is 0. The predicted octanol–water partition coefficient (Wildman–Crippen LogP) is 3.03. The minimum absolute atomic E-state index is 0.0942. The Hall–Kier alpha value is -0.120. The molecule has 2 N–H and O–H groups in total. The Kier molecular flexibility index (Phi) is 9.67. The quantitative estimate of drug-likeness (QED) is 0.607. The zero-order valence-electron chi connectivity index (χ0n) is 14.0. The van der Waals surface area contributed by atoms with Gasteiger partial charge in [-0.05, 0) is 52.6 Å². The first-order chi connectivity index (χ1) is 8.90. The van der Waals surface area contributed by atoms with Gasteiger partial charge >= 0.3 is 0 Å². The molecule has 0 aromatic carbocycles. The topological polar surface area (TPSA) is 35.5 Å². The van der Waals surface area contributed by atoms with E-state index in [9.17, 15) is 5.11 Å². The maximum atomic E-state index is 9.73. The van der Waals surface area contributed by atoms with Gasteiger partial charge < -0.3 is 15.3 Å². The van der Waals surface area contributed by atoms with Gasteiger partial charge in [0.2, 0.25) is 0 Å². The van der Waals surface area contributed by atoms with Crippen molar-refractivity contribution in [3.63, 3.8) is 0 Å². The molecule has 1 atom stereocenters. The fourth-order valence-corrected chi connectivity index (χ4v) is 2.74. The molecule has 0 aromatic rings. The molecule has 0 saturated heterocycles. The van der Waals surface area contributed by atoms with Crippen LogP contribution in [0.4, 0.5) is 0 Å². The van der Waals surface area contributed by atoms with Gasteiger partial charge in [-0.2, -0.15) is 0 Å². The number of hydrogen-bond donors (Lipinski definition) is 2. The van der Waals surface area contributed by atoms with Gasteiger partial charge in [-0.1, -0.05) is 27.7 Å². The second kappa shape index (κ2) is 9.73. The lowest BCUT2D eigenvalue weighted by Gasteiger charge is -2.35. The Morgan fingerprint density at radius 2 is 1.74 bits per heavy atom. The second-order valence-corrected chi connectivity index (χ2v) is 6.32. The third-order valence-corrected chi connectivity index (χ3v) is 3.92. The standard InChI is InChI=1S/C16H36N2O/c1-7-11-18(15(5)6)12-9-10-16(8-2,13-19)17-14(3)4/h14-15,17,19H,7-13H2,1-6H3. The van der Waals surface area contributed by atoms with E-state index in [1.807, 2.05) is 0 Å². The molecule has 0 bridgehead atoms. The second-order valence-electron chi connectivity index (χ2n) is 6.32. The third kappa shape index (κ3) is 7.28. The summed E-state index contributed by atoms with van der Waals surface area (Å²) in [6.45, 7) is 15.8. The molecule has 3 nitrogen and oxygen atoms in total. The molecule has 0 aromatic heterocycles. The van der Waals surface area contributed by atoms with Gasteiger partial charge in [-0.15, -0.1) is 0 Å². The van der Waals surface area contributed by atoms with Crippen molar-refractivity contribution in [1.29, 1.82) is 0 Å². The zero-order chi connectivity index (χ0) is 14.9. The minimum Gasteiger partial charge on any atom is -0.394 e. The number of rotatable bonds is 11. The van der Waals surface area contributed by atoms with Crippen LogP contribution in [0.2, 0.25) is 0 Å². The van der Waals surface area contributed by atoms with E-state index in [0.29, 0.717) is 12.1 Å². The fraction of sp³-hybridized carbons (Fsp3) is 1.00. The van der Waals surface area contributed by atoms with Crippen molar-refractivity contribution in [3.8, 4) is 0 Å². The SMILES string of the molecule is CCCN(CCCC(CC)(CO)NC(C)C)C(C)C. The molecule has 1 unspecified atom stereocenters. The summed E-state index contributed by atoms with van der Waals surface area (Å²) in [4.78, 5) is 2.53. The molecule has 0 heterocycles. The molecule has 0 rings (SSSR count). The number of nitrogens with one attached hydrogen (secondary N) is 1. The van der Waals surface area contributed by atoms with Crippen molar-refractivity contribution in [2.75, 3.05) is 19.7 Å². The molecular formula is C16H36N2O. The first-order valence-corrected chi connectivity index (χ1v) is 8.03. The van der Waals surface area contributed by atoms with Gasteiger partial charge in [-0.3, -0.25) is 0 Å². The van der Waals surface area contributed by atoms with E-state index in [1.54, 1.807) is 0 Å². The van der Waals surface area contributed by atoms with Crippen LogP contribution >= 0.6 is 0 Å². The van der Waals surface area contributed by atoms with Crippen molar-refractivity contribution in [2.24, 2.45) is 0 Å². The fourth-order valence-electron chi connectivity index (χ4n) is 2.74. The predicted molar refractivity (Wildman–Crippen MR) is 84.6 cm³/mol. The number of hydrogen-bond acceptors (Lipinski definition) is 3. The van der Waals surface area contributed by atoms with Crippen molar-refractivity contribution >= 4 is 0 Å². The molecule has 0 aliphatic rings. The van der Waals surface area contributed by atoms with Gasteiger partial charge in [0.25, 0.3) is 0 Å². The van der Waals surface area contributed by atoms with Crippen LogP contribution < -0.4 is 5.32 Å². The summed E-state index contributed by atoms with van der Waals surface area (Å²) in [6.07, 6.45) is 4.38. The average molecular weight is 272 g/mol. The van der Waals surface area contributed by atoms with Crippen molar-refractivity contribution < 1.29 is 5.11 Å². The average Bonchev–Trinajstić information content (AvgIpc) is 2.35. The maximum Gasteiger partial charge on any atom is 0.0613 e. The molecule has 0 radical (unpaired) electrons. The molecule has 0 aliphatic heterocycles. The lowest BCUT2D eigenvalue weighted by Crippen LogP contribution is -2.51. The summed E-state index contributed by atoms with van der Waals surface area (Å²) in [5.41, 5.74) is -0.0942. The van der Waals surface area contributed by atoms with E-state index in [4.69, 9.17) is 0 Å². The molecular weight excluding hydrogens is 236 g/mol. The summed E-state index contributed by atoms with van der Waals surface area (Å²) >= 11 is 0. The summed E-state index contributed by atoms with van der Waals surface area (Å²) in [5.74, 6) is 0. The van der Waals surface area contributed by atoms with Crippen LogP contribution in [0.25, 0.3) is 0 Å². The van der Waals surface area contributed by atoms with Crippen LogP contribution in [-0.2, 0) is 0 Å².